The van der Waals surface area contributed by atoms with E-state index in [1.807, 2.05) is 0 Å². The Bertz CT molecular complexity index is 579. The molecule has 0 amide bonds. The molecule has 0 saturated carbocycles. The van der Waals surface area contributed by atoms with Crippen LogP contribution in [0.5, 0.6) is 11.6 Å². The number of nitrogens with zero attached hydrogens (tertiary/aromatic N) is 1. The van der Waals surface area contributed by atoms with Crippen molar-refractivity contribution >= 4 is 6.29 Å². The molecule has 98 valence electrons. The van der Waals surface area contributed by atoms with Crippen LogP contribution in [0.4, 0.5) is 13.2 Å². The summed E-state index contributed by atoms with van der Waals surface area (Å²) in [5.74, 6) is -0.344. The molecule has 0 unspecified atom stereocenters. The van der Waals surface area contributed by atoms with Crippen molar-refractivity contribution in [1.82, 2.24) is 4.98 Å². The number of para-hydroxylation sites is 1. The summed E-state index contributed by atoms with van der Waals surface area (Å²) >= 11 is 0. The summed E-state index contributed by atoms with van der Waals surface area (Å²) in [6.45, 7) is 0. The number of hydrogen-bond donors (Lipinski definition) is 0. The maximum absolute atomic E-state index is 12.7. The van der Waals surface area contributed by atoms with E-state index in [0.717, 1.165) is 6.07 Å². The lowest BCUT2D eigenvalue weighted by atomic mass is 10.2. The van der Waals surface area contributed by atoms with Crippen LogP contribution >= 0.6 is 0 Å². The number of carbonyl (C=O) groups is 1. The quantitative estimate of drug-likeness (QED) is 0.796. The third kappa shape index (κ3) is 3.09. The molecular weight excluding hydrogens is 259 g/mol. The van der Waals surface area contributed by atoms with Gasteiger partial charge in [0.2, 0.25) is 5.88 Å². The molecule has 0 spiro atoms. The Morgan fingerprint density at radius 3 is 2.42 bits per heavy atom. The fraction of sp³-hybridized carbons (Fsp3) is 0.0769. The third-order valence-corrected chi connectivity index (χ3v) is 2.30. The highest BCUT2D eigenvalue weighted by atomic mass is 19.4. The van der Waals surface area contributed by atoms with E-state index in [1.165, 1.54) is 36.5 Å². The predicted octanol–water partition coefficient (Wildman–Crippen LogP) is 3.71. The molecule has 1 heterocycles. The normalized spacial score (nSPS) is 11.1. The first-order valence-electron chi connectivity index (χ1n) is 5.26. The van der Waals surface area contributed by atoms with E-state index in [1.54, 1.807) is 0 Å². The maximum atomic E-state index is 12.7. The van der Waals surface area contributed by atoms with Gasteiger partial charge in [0, 0.05) is 17.8 Å². The summed E-state index contributed by atoms with van der Waals surface area (Å²) in [7, 11) is 0. The van der Waals surface area contributed by atoms with Crippen LogP contribution in [0.15, 0.2) is 42.6 Å². The lowest BCUT2D eigenvalue weighted by Crippen LogP contribution is -2.07. The SMILES string of the molecule is O=Cc1ccc(Oc2ccccc2C(F)(F)F)nc1. The largest absolute Gasteiger partial charge is 0.438 e. The van der Waals surface area contributed by atoms with Gasteiger partial charge < -0.3 is 4.74 Å². The number of aldehydes is 1. The lowest BCUT2D eigenvalue weighted by molar-refractivity contribution is -0.138. The smallest absolute Gasteiger partial charge is 0.419 e. The fourth-order valence-electron chi connectivity index (χ4n) is 1.42. The number of pyridine rings is 1. The maximum Gasteiger partial charge on any atom is 0.419 e. The molecule has 19 heavy (non-hydrogen) atoms. The number of benzene rings is 1. The van der Waals surface area contributed by atoms with Gasteiger partial charge in [-0.15, -0.1) is 0 Å². The van der Waals surface area contributed by atoms with Gasteiger partial charge in [0.25, 0.3) is 0 Å². The van der Waals surface area contributed by atoms with Gasteiger partial charge in [0.15, 0.2) is 6.29 Å². The van der Waals surface area contributed by atoms with Crippen LogP contribution in [-0.2, 0) is 6.18 Å². The molecule has 3 nitrogen and oxygen atoms in total. The number of aromatic nitrogens is 1. The molecule has 2 rings (SSSR count). The van der Waals surface area contributed by atoms with E-state index in [9.17, 15) is 18.0 Å². The summed E-state index contributed by atoms with van der Waals surface area (Å²) in [4.78, 5) is 14.2. The first kappa shape index (κ1) is 13.1. The van der Waals surface area contributed by atoms with E-state index < -0.39 is 11.7 Å². The van der Waals surface area contributed by atoms with E-state index in [-0.39, 0.29) is 11.6 Å². The summed E-state index contributed by atoms with van der Waals surface area (Å²) in [6, 6.07) is 7.58. The van der Waals surface area contributed by atoms with Gasteiger partial charge in [-0.2, -0.15) is 13.2 Å². The van der Waals surface area contributed by atoms with Crippen molar-refractivity contribution < 1.29 is 22.7 Å². The monoisotopic (exact) mass is 267 g/mol. The van der Waals surface area contributed by atoms with Gasteiger partial charge in [0.05, 0.1) is 5.56 Å². The average molecular weight is 267 g/mol. The second kappa shape index (κ2) is 5.09. The number of carbonyl (C=O) groups excluding carboxylic acids is 1. The van der Waals surface area contributed by atoms with E-state index >= 15 is 0 Å². The van der Waals surface area contributed by atoms with Gasteiger partial charge in [-0.1, -0.05) is 12.1 Å². The summed E-state index contributed by atoms with van der Waals surface area (Å²) in [6.07, 6.45) is -2.70. The number of halogens is 3. The highest BCUT2D eigenvalue weighted by molar-refractivity contribution is 5.74. The molecule has 0 saturated heterocycles. The molecule has 2 aromatic rings. The first-order chi connectivity index (χ1) is 9.00. The molecule has 6 heteroatoms. The van der Waals surface area contributed by atoms with Gasteiger partial charge >= 0.3 is 6.18 Å². The fourth-order valence-corrected chi connectivity index (χ4v) is 1.42. The molecule has 0 atom stereocenters. The van der Waals surface area contributed by atoms with Crippen LogP contribution in [0.1, 0.15) is 15.9 Å². The Balaban J connectivity index is 2.30. The van der Waals surface area contributed by atoms with Gasteiger partial charge in [0.1, 0.15) is 5.75 Å². The lowest BCUT2D eigenvalue weighted by Gasteiger charge is -2.12. The number of alkyl halides is 3. The highest BCUT2D eigenvalue weighted by Gasteiger charge is 2.34. The van der Waals surface area contributed by atoms with Crippen LogP contribution in [0, 0.1) is 0 Å². The number of hydrogen-bond acceptors (Lipinski definition) is 3. The van der Waals surface area contributed by atoms with Crippen LogP contribution in [-0.4, -0.2) is 11.3 Å². The highest BCUT2D eigenvalue weighted by Crippen LogP contribution is 2.37. The van der Waals surface area contributed by atoms with Crippen molar-refractivity contribution in [2.24, 2.45) is 0 Å². The second-order valence-electron chi connectivity index (χ2n) is 3.64. The molecule has 1 aromatic carbocycles. The zero-order valence-electron chi connectivity index (χ0n) is 9.52. The molecule has 0 fully saturated rings. The van der Waals surface area contributed by atoms with Crippen molar-refractivity contribution in [1.29, 1.82) is 0 Å². The third-order valence-electron chi connectivity index (χ3n) is 2.30. The molecule has 0 radical (unpaired) electrons. The van der Waals surface area contributed by atoms with Gasteiger partial charge in [-0.25, -0.2) is 4.98 Å². The zero-order valence-corrected chi connectivity index (χ0v) is 9.52. The molecule has 0 N–H and O–H groups in total. The summed E-state index contributed by atoms with van der Waals surface area (Å²) in [5, 5.41) is 0. The molecule has 1 aromatic heterocycles. The number of ether oxygens (including phenoxy) is 1. The minimum Gasteiger partial charge on any atom is -0.438 e. The van der Waals surface area contributed by atoms with Crippen LogP contribution in [0.2, 0.25) is 0 Å². The molecule has 0 aliphatic heterocycles. The standard InChI is InChI=1S/C13H8F3NO2/c14-13(15,16)10-3-1-2-4-11(10)19-12-6-5-9(8-18)7-17-12/h1-8H. The number of rotatable bonds is 3. The topological polar surface area (TPSA) is 39.2 Å². The van der Waals surface area contributed by atoms with E-state index in [0.29, 0.717) is 11.8 Å². The first-order valence-corrected chi connectivity index (χ1v) is 5.26. The molecular formula is C13H8F3NO2. The Morgan fingerprint density at radius 2 is 1.84 bits per heavy atom. The van der Waals surface area contributed by atoms with Crippen molar-refractivity contribution in [3.05, 3.63) is 53.7 Å². The van der Waals surface area contributed by atoms with Crippen molar-refractivity contribution in [3.63, 3.8) is 0 Å². The van der Waals surface area contributed by atoms with Crippen LogP contribution in [0.25, 0.3) is 0 Å². The van der Waals surface area contributed by atoms with Crippen LogP contribution in [0.3, 0.4) is 0 Å². The summed E-state index contributed by atoms with van der Waals surface area (Å²) < 4.78 is 43.3. The molecule has 0 bridgehead atoms. The van der Waals surface area contributed by atoms with Crippen molar-refractivity contribution in [2.75, 3.05) is 0 Å². The minimum atomic E-state index is -4.50. The second-order valence-corrected chi connectivity index (χ2v) is 3.64. The van der Waals surface area contributed by atoms with Crippen molar-refractivity contribution in [3.8, 4) is 11.6 Å². The average Bonchev–Trinajstić information content (AvgIpc) is 2.39. The summed E-state index contributed by atoms with van der Waals surface area (Å²) in [5.41, 5.74) is -0.562. The van der Waals surface area contributed by atoms with E-state index in [2.05, 4.69) is 4.98 Å². The Hall–Kier alpha value is -2.37. The van der Waals surface area contributed by atoms with E-state index in [4.69, 9.17) is 4.74 Å². The predicted molar refractivity (Wildman–Crippen MR) is 61.1 cm³/mol. The minimum absolute atomic E-state index is 0.0118. The Labute approximate surface area is 106 Å². The Morgan fingerprint density at radius 1 is 1.11 bits per heavy atom. The zero-order chi connectivity index (χ0) is 13.9. The van der Waals surface area contributed by atoms with Crippen molar-refractivity contribution in [2.45, 2.75) is 6.18 Å². The Kier molecular flexibility index (Phi) is 3.50. The molecule has 0 aliphatic rings. The van der Waals surface area contributed by atoms with Gasteiger partial charge in [-0.05, 0) is 18.2 Å². The van der Waals surface area contributed by atoms with Gasteiger partial charge in [-0.3, -0.25) is 4.79 Å². The van der Waals surface area contributed by atoms with Crippen LogP contribution < -0.4 is 4.74 Å². The molecule has 0 aliphatic carbocycles.